The molecule has 0 amide bonds. The van der Waals surface area contributed by atoms with E-state index in [1.54, 1.807) is 7.11 Å². The quantitative estimate of drug-likeness (QED) is 0.555. The van der Waals surface area contributed by atoms with Crippen molar-refractivity contribution in [3.8, 4) is 5.75 Å². The number of aromatic nitrogens is 2. The highest BCUT2D eigenvalue weighted by atomic mass is 16.5. The number of methoxy groups -OCH3 is 1. The first-order valence-electron chi connectivity index (χ1n) is 10.8. The fourth-order valence-corrected chi connectivity index (χ4v) is 5.66. The van der Waals surface area contributed by atoms with Crippen molar-refractivity contribution in [2.24, 2.45) is 0 Å². The molecular formula is C25H25N3O2. The van der Waals surface area contributed by atoms with Crippen molar-refractivity contribution in [1.82, 2.24) is 14.5 Å². The van der Waals surface area contributed by atoms with E-state index in [2.05, 4.69) is 40.2 Å². The average Bonchev–Trinajstić information content (AvgIpc) is 3.33. The third-order valence-corrected chi connectivity index (χ3v) is 7.03. The van der Waals surface area contributed by atoms with E-state index in [-0.39, 0.29) is 11.7 Å². The minimum absolute atomic E-state index is 0.00867. The third kappa shape index (κ3) is 2.55. The second kappa shape index (κ2) is 6.74. The van der Waals surface area contributed by atoms with Crippen LogP contribution in [0.25, 0.3) is 21.8 Å². The van der Waals surface area contributed by atoms with Crippen molar-refractivity contribution in [3.05, 3.63) is 76.2 Å². The number of aromatic amines is 1. The highest BCUT2D eigenvalue weighted by molar-refractivity contribution is 5.93. The monoisotopic (exact) mass is 399 g/mol. The number of fused-ring (bicyclic) bond motifs is 1. The van der Waals surface area contributed by atoms with Gasteiger partial charge in [0, 0.05) is 30.7 Å². The van der Waals surface area contributed by atoms with Gasteiger partial charge in [-0.05, 0) is 53.8 Å². The van der Waals surface area contributed by atoms with Gasteiger partial charge in [-0.3, -0.25) is 9.47 Å². The van der Waals surface area contributed by atoms with Crippen LogP contribution in [0.1, 0.15) is 36.1 Å². The molecule has 1 saturated heterocycles. The van der Waals surface area contributed by atoms with E-state index in [1.165, 1.54) is 21.9 Å². The van der Waals surface area contributed by atoms with Gasteiger partial charge in [0.15, 0.2) is 0 Å². The summed E-state index contributed by atoms with van der Waals surface area (Å²) in [6, 6.07) is 19.5. The van der Waals surface area contributed by atoms with Crippen molar-refractivity contribution in [2.75, 3.05) is 20.2 Å². The Hall–Kier alpha value is -3.05. The molecule has 1 aromatic heterocycles. The number of nitrogens with zero attached hydrogens (tertiary/aromatic N) is 2. The fourth-order valence-electron chi connectivity index (χ4n) is 5.66. The van der Waals surface area contributed by atoms with Crippen LogP contribution >= 0.6 is 0 Å². The van der Waals surface area contributed by atoms with Crippen molar-refractivity contribution < 1.29 is 4.74 Å². The molecule has 1 N–H and O–H groups in total. The van der Waals surface area contributed by atoms with Crippen LogP contribution in [0.3, 0.4) is 0 Å². The maximum atomic E-state index is 12.6. The molecular weight excluding hydrogens is 374 g/mol. The van der Waals surface area contributed by atoms with Crippen LogP contribution in [-0.2, 0) is 6.42 Å². The lowest BCUT2D eigenvalue weighted by molar-refractivity contribution is 0.135. The normalized spacial score (nSPS) is 19.7. The first-order valence-corrected chi connectivity index (χ1v) is 10.8. The van der Waals surface area contributed by atoms with Gasteiger partial charge in [0.05, 0.1) is 18.1 Å². The molecule has 5 nitrogen and oxygen atoms in total. The lowest BCUT2D eigenvalue weighted by atomic mass is 9.98. The number of nitrogens with one attached hydrogen (secondary N) is 1. The van der Waals surface area contributed by atoms with Crippen LogP contribution in [-0.4, -0.2) is 34.7 Å². The van der Waals surface area contributed by atoms with Crippen LogP contribution in [0.15, 0.2) is 59.4 Å². The van der Waals surface area contributed by atoms with Gasteiger partial charge in [-0.15, -0.1) is 0 Å². The first kappa shape index (κ1) is 17.8. The van der Waals surface area contributed by atoms with Crippen LogP contribution in [0, 0.1) is 0 Å². The topological polar surface area (TPSA) is 50.3 Å². The summed E-state index contributed by atoms with van der Waals surface area (Å²) in [5.74, 6) is 0.993. The molecule has 0 saturated carbocycles. The molecule has 1 atom stereocenters. The number of hydrogen-bond acceptors (Lipinski definition) is 3. The summed E-state index contributed by atoms with van der Waals surface area (Å²) in [7, 11) is 1.77. The number of benzene rings is 3. The number of rotatable bonds is 3. The molecule has 1 unspecified atom stereocenters. The van der Waals surface area contributed by atoms with Gasteiger partial charge in [-0.2, -0.15) is 0 Å². The molecule has 1 fully saturated rings. The molecule has 2 heterocycles. The van der Waals surface area contributed by atoms with Gasteiger partial charge < -0.3 is 9.72 Å². The van der Waals surface area contributed by atoms with Crippen LogP contribution in [0.5, 0.6) is 5.75 Å². The summed E-state index contributed by atoms with van der Waals surface area (Å²) in [6.07, 6.45) is 2.99. The number of H-pyrrole nitrogens is 1. The molecule has 1 aliphatic carbocycles. The Morgan fingerprint density at radius 2 is 1.83 bits per heavy atom. The summed E-state index contributed by atoms with van der Waals surface area (Å²) in [6.45, 7) is 1.96. The second-order valence-electron chi connectivity index (χ2n) is 8.50. The molecule has 4 aromatic rings. The molecule has 0 spiro atoms. The smallest absolute Gasteiger partial charge is 0.326 e. The molecule has 1 aliphatic heterocycles. The Balaban J connectivity index is 1.30. The molecule has 30 heavy (non-hydrogen) atoms. The maximum Gasteiger partial charge on any atom is 0.326 e. The Kier molecular flexibility index (Phi) is 4.00. The van der Waals surface area contributed by atoms with E-state index in [1.807, 2.05) is 28.8 Å². The van der Waals surface area contributed by atoms with E-state index in [4.69, 9.17) is 4.74 Å². The van der Waals surface area contributed by atoms with E-state index in [0.717, 1.165) is 49.1 Å². The lowest BCUT2D eigenvalue weighted by Gasteiger charge is -2.37. The van der Waals surface area contributed by atoms with Crippen LogP contribution in [0.4, 0.5) is 0 Å². The van der Waals surface area contributed by atoms with Gasteiger partial charge in [0.1, 0.15) is 5.75 Å². The predicted molar refractivity (Wildman–Crippen MR) is 119 cm³/mol. The molecule has 0 radical (unpaired) electrons. The Morgan fingerprint density at radius 3 is 2.67 bits per heavy atom. The number of para-hydroxylation sites is 2. The van der Waals surface area contributed by atoms with E-state index in [0.29, 0.717) is 6.04 Å². The second-order valence-corrected chi connectivity index (χ2v) is 8.50. The summed E-state index contributed by atoms with van der Waals surface area (Å²) in [4.78, 5) is 18.2. The van der Waals surface area contributed by atoms with Crippen LogP contribution in [0.2, 0.25) is 0 Å². The maximum absolute atomic E-state index is 12.6. The highest BCUT2D eigenvalue weighted by Crippen LogP contribution is 2.46. The Morgan fingerprint density at radius 1 is 1.00 bits per heavy atom. The summed E-state index contributed by atoms with van der Waals surface area (Å²) in [5, 5.41) is 2.67. The highest BCUT2D eigenvalue weighted by Gasteiger charge is 2.34. The minimum atomic E-state index is 0.00867. The van der Waals surface area contributed by atoms with Crippen molar-refractivity contribution in [1.29, 1.82) is 0 Å². The number of hydrogen-bond donors (Lipinski definition) is 1. The van der Waals surface area contributed by atoms with E-state index >= 15 is 0 Å². The summed E-state index contributed by atoms with van der Waals surface area (Å²) < 4.78 is 7.74. The lowest BCUT2D eigenvalue weighted by Crippen LogP contribution is -2.39. The molecule has 0 bridgehead atoms. The summed E-state index contributed by atoms with van der Waals surface area (Å²) in [5.41, 5.74) is 4.71. The average molecular weight is 399 g/mol. The molecule has 6 rings (SSSR count). The first-order chi connectivity index (χ1) is 14.7. The number of likely N-dealkylation sites (tertiary alicyclic amines) is 1. The third-order valence-electron chi connectivity index (χ3n) is 7.03. The zero-order valence-electron chi connectivity index (χ0n) is 17.1. The zero-order valence-corrected chi connectivity index (χ0v) is 17.1. The standard InChI is InChI=1S/C25H25N3O2/c1-30-22-10-9-16-5-4-6-17-15-21(24(22)23(16)17)27-13-11-18(12-14-27)28-20-8-3-2-7-19(20)26-25(28)29/h2-10,18,21H,11-15H2,1H3,(H,26,29). The number of piperidine rings is 1. The van der Waals surface area contributed by atoms with Gasteiger partial charge in [-0.1, -0.05) is 36.4 Å². The molecule has 3 aromatic carbocycles. The number of imidazole rings is 1. The minimum Gasteiger partial charge on any atom is -0.496 e. The fraction of sp³-hybridized carbons (Fsp3) is 0.320. The Bertz CT molecular complexity index is 1310. The van der Waals surface area contributed by atoms with Crippen molar-refractivity contribution in [2.45, 2.75) is 31.3 Å². The van der Waals surface area contributed by atoms with Crippen molar-refractivity contribution in [3.63, 3.8) is 0 Å². The van der Waals surface area contributed by atoms with Gasteiger partial charge >= 0.3 is 5.69 Å². The molecule has 5 heteroatoms. The predicted octanol–water partition coefficient (Wildman–Crippen LogP) is 4.43. The van der Waals surface area contributed by atoms with Gasteiger partial charge in [-0.25, -0.2) is 4.79 Å². The summed E-state index contributed by atoms with van der Waals surface area (Å²) >= 11 is 0. The Labute approximate surface area is 174 Å². The molecule has 2 aliphatic rings. The van der Waals surface area contributed by atoms with E-state index < -0.39 is 0 Å². The number of ether oxygens (including phenoxy) is 1. The zero-order chi connectivity index (χ0) is 20.2. The molecule has 152 valence electrons. The SMILES string of the molecule is COc1ccc2cccc3c2c1C(N1CCC(n2c(=O)[nH]c4ccccc42)CC1)C3. The largest absolute Gasteiger partial charge is 0.496 e. The van der Waals surface area contributed by atoms with Crippen molar-refractivity contribution >= 4 is 21.8 Å². The van der Waals surface area contributed by atoms with Gasteiger partial charge in [0.2, 0.25) is 0 Å². The van der Waals surface area contributed by atoms with Crippen LogP contribution < -0.4 is 10.4 Å². The van der Waals surface area contributed by atoms with Gasteiger partial charge in [0.25, 0.3) is 0 Å². The van der Waals surface area contributed by atoms with E-state index in [9.17, 15) is 4.79 Å².